The van der Waals surface area contributed by atoms with Gasteiger partial charge in [0.25, 0.3) is 11.8 Å². The molecule has 2 aromatic rings. The van der Waals surface area contributed by atoms with Gasteiger partial charge in [0.1, 0.15) is 0 Å². The van der Waals surface area contributed by atoms with Crippen LogP contribution in [0.1, 0.15) is 188 Å². The first-order valence-electron chi connectivity index (χ1n) is 23.4. The number of unbranched alkanes of at least 4 members (excludes halogenated alkanes) is 13. The van der Waals surface area contributed by atoms with E-state index in [-0.39, 0.29) is 24.6 Å². The average molecular weight is 834 g/mol. The van der Waals surface area contributed by atoms with E-state index in [9.17, 15) is 14.4 Å². The molecule has 2 atom stereocenters. The number of amides is 5. The van der Waals surface area contributed by atoms with E-state index in [2.05, 4.69) is 74.8 Å². The molecule has 2 aromatic carbocycles. The van der Waals surface area contributed by atoms with Gasteiger partial charge in [0, 0.05) is 43.9 Å². The van der Waals surface area contributed by atoms with E-state index in [1.54, 1.807) is 24.3 Å². The third-order valence-electron chi connectivity index (χ3n) is 11.3. The smallest absolute Gasteiger partial charge is 0.253 e. The van der Waals surface area contributed by atoms with Crippen LogP contribution in [0.5, 0.6) is 0 Å². The lowest BCUT2D eigenvalue weighted by Gasteiger charge is -2.17. The SMILES string of the molecule is CC1CC1.CC1CCN(C(=O)c2ccc(C(=O)N3CCC(C)C3)cc2)C1.CCCCCCCCCCCCCCCCNC=O.NC=O.NC=O.c1ccc(C2CC2)cc1. The van der Waals surface area contributed by atoms with E-state index in [0.717, 1.165) is 70.2 Å². The number of primary amides is 2. The fraction of sp³-hybridized carbons (Fsp3) is 0.660. The Morgan fingerprint density at radius 3 is 1.23 bits per heavy atom. The first-order valence-corrected chi connectivity index (χ1v) is 23.4. The van der Waals surface area contributed by atoms with Gasteiger partial charge in [-0.1, -0.05) is 154 Å². The lowest BCUT2D eigenvalue weighted by Crippen LogP contribution is -2.29. The Hall–Kier alpha value is -4.21. The van der Waals surface area contributed by atoms with Gasteiger partial charge in [-0.3, -0.25) is 24.0 Å². The quantitative estimate of drug-likeness (QED) is 0.0949. The molecule has 60 heavy (non-hydrogen) atoms. The van der Waals surface area contributed by atoms with Crippen LogP contribution in [-0.2, 0) is 14.4 Å². The van der Waals surface area contributed by atoms with Crippen molar-refractivity contribution in [2.24, 2.45) is 29.2 Å². The summed E-state index contributed by atoms with van der Waals surface area (Å²) in [6, 6.07) is 17.9. The van der Waals surface area contributed by atoms with Gasteiger partial charge in [0.15, 0.2) is 0 Å². The topological polar surface area (TPSA) is 156 Å². The second kappa shape index (κ2) is 35.5. The van der Waals surface area contributed by atoms with Crippen LogP contribution in [0.25, 0.3) is 0 Å². The van der Waals surface area contributed by atoms with Crippen molar-refractivity contribution in [3.63, 3.8) is 0 Å². The zero-order valence-electron chi connectivity index (χ0n) is 38.0. The summed E-state index contributed by atoms with van der Waals surface area (Å²) in [5.74, 6) is 3.33. The lowest BCUT2D eigenvalue weighted by atomic mass is 10.0. The number of nitrogens with one attached hydrogen (secondary N) is 1. The van der Waals surface area contributed by atoms with Crippen LogP contribution in [0, 0.1) is 17.8 Å². The summed E-state index contributed by atoms with van der Waals surface area (Å²) in [5, 5.41) is 2.71. The lowest BCUT2D eigenvalue weighted by molar-refractivity contribution is -0.109. The third-order valence-corrected chi connectivity index (χ3v) is 11.3. The molecular formula is C50H83N5O5. The van der Waals surface area contributed by atoms with Gasteiger partial charge in [-0.25, -0.2) is 0 Å². The monoisotopic (exact) mass is 834 g/mol. The molecule has 2 saturated heterocycles. The number of benzene rings is 2. The highest BCUT2D eigenvalue weighted by molar-refractivity contribution is 5.98. The first-order chi connectivity index (χ1) is 29.1. The van der Waals surface area contributed by atoms with Crippen molar-refractivity contribution >= 4 is 31.0 Å². The molecule has 2 aliphatic heterocycles. The molecule has 4 aliphatic rings. The van der Waals surface area contributed by atoms with Crippen LogP contribution in [0.3, 0.4) is 0 Å². The van der Waals surface area contributed by atoms with Gasteiger partial charge in [0.05, 0.1) is 0 Å². The van der Waals surface area contributed by atoms with Crippen molar-refractivity contribution in [2.75, 3.05) is 32.7 Å². The summed E-state index contributed by atoms with van der Waals surface area (Å²) in [7, 11) is 0. The van der Waals surface area contributed by atoms with E-state index >= 15 is 0 Å². The maximum Gasteiger partial charge on any atom is 0.253 e. The highest BCUT2D eigenvalue weighted by Gasteiger charge is 2.26. The summed E-state index contributed by atoms with van der Waals surface area (Å²) in [6.45, 7) is 13.1. The van der Waals surface area contributed by atoms with Crippen LogP contribution >= 0.6 is 0 Å². The maximum atomic E-state index is 12.4. The van der Waals surface area contributed by atoms with Gasteiger partial charge >= 0.3 is 0 Å². The molecule has 4 fully saturated rings. The van der Waals surface area contributed by atoms with E-state index in [1.807, 2.05) is 9.80 Å². The van der Waals surface area contributed by atoms with Gasteiger partial charge in [-0.15, -0.1) is 0 Å². The summed E-state index contributed by atoms with van der Waals surface area (Å²) in [5.41, 5.74) is 11.2. The summed E-state index contributed by atoms with van der Waals surface area (Å²) in [6.07, 6.45) is 28.6. The molecular weight excluding hydrogens is 751 g/mol. The van der Waals surface area contributed by atoms with Gasteiger partial charge in [-0.05, 0) is 85.6 Å². The van der Waals surface area contributed by atoms with Crippen molar-refractivity contribution < 1.29 is 24.0 Å². The minimum absolute atomic E-state index is 0.0816. The first kappa shape index (κ1) is 53.8. The number of rotatable bonds is 19. The predicted molar refractivity (Wildman–Crippen MR) is 248 cm³/mol. The van der Waals surface area contributed by atoms with Crippen molar-refractivity contribution in [1.82, 2.24) is 15.1 Å². The zero-order chi connectivity index (χ0) is 44.2. The maximum absolute atomic E-state index is 12.4. The molecule has 0 spiro atoms. The van der Waals surface area contributed by atoms with Crippen LogP contribution in [0.15, 0.2) is 54.6 Å². The second-order valence-corrected chi connectivity index (χ2v) is 17.2. The standard InChI is InChI=1S/C18H24N2O2.C17H35NO.C9H10.C4H8.2CH3NO/c1-13-7-9-19(11-13)17(21)15-3-5-16(6-4-15)18(22)20-10-8-14(2)12-20;1-2-3-4-5-6-7-8-9-10-11-12-13-14-15-16-18-17-19;1-2-4-8(5-3-1)9-6-7-9;1-4-2-3-4;2*2-1-3/h3-6,13-14H,7-12H2,1-2H3;17H,2-16H2,1H3,(H,18,19);1-5,9H,6-7H2;4H,2-3H2,1H3;2*1H,(H2,2,3). The van der Waals surface area contributed by atoms with Crippen molar-refractivity contribution in [3.8, 4) is 0 Å². The minimum Gasteiger partial charge on any atom is -0.372 e. The molecule has 338 valence electrons. The molecule has 0 radical (unpaired) electrons. The summed E-state index contributed by atoms with van der Waals surface area (Å²) >= 11 is 0. The Labute approximate surface area is 364 Å². The van der Waals surface area contributed by atoms with Crippen molar-refractivity contribution in [1.29, 1.82) is 0 Å². The summed E-state index contributed by atoms with van der Waals surface area (Å²) < 4.78 is 0. The number of hydrogen-bond donors (Lipinski definition) is 3. The van der Waals surface area contributed by atoms with Gasteiger partial charge in [-0.2, -0.15) is 0 Å². The molecule has 0 aromatic heterocycles. The Balaban J connectivity index is 0.000000422. The van der Waals surface area contributed by atoms with E-state index in [4.69, 9.17) is 9.59 Å². The molecule has 10 nitrogen and oxygen atoms in total. The van der Waals surface area contributed by atoms with Crippen LogP contribution in [0.4, 0.5) is 0 Å². The number of hydrogen-bond acceptors (Lipinski definition) is 5. The second-order valence-electron chi connectivity index (χ2n) is 17.2. The van der Waals surface area contributed by atoms with Crippen LogP contribution < -0.4 is 16.8 Å². The number of likely N-dealkylation sites (tertiary alicyclic amines) is 2. The molecule has 2 heterocycles. The van der Waals surface area contributed by atoms with Crippen molar-refractivity contribution in [3.05, 3.63) is 71.3 Å². The van der Waals surface area contributed by atoms with Crippen LogP contribution in [0.2, 0.25) is 0 Å². The molecule has 2 unspecified atom stereocenters. The minimum atomic E-state index is 0.0816. The molecule has 6 rings (SSSR count). The third kappa shape index (κ3) is 27.5. The molecule has 5 amide bonds. The summed E-state index contributed by atoms with van der Waals surface area (Å²) in [4.78, 5) is 55.8. The Morgan fingerprint density at radius 1 is 0.567 bits per heavy atom. The fourth-order valence-electron chi connectivity index (χ4n) is 7.15. The molecule has 10 heteroatoms. The number of nitrogens with two attached hydrogens (primary N) is 2. The number of carbonyl (C=O) groups is 5. The largest absolute Gasteiger partial charge is 0.372 e. The van der Waals surface area contributed by atoms with Gasteiger partial charge < -0.3 is 26.6 Å². The molecule has 2 aliphatic carbocycles. The highest BCUT2D eigenvalue weighted by Crippen LogP contribution is 2.39. The van der Waals surface area contributed by atoms with Crippen LogP contribution in [-0.4, -0.2) is 73.6 Å². The number of nitrogens with zero attached hydrogens (tertiary/aromatic N) is 2. The number of carbonyl (C=O) groups excluding carboxylic acids is 5. The van der Waals surface area contributed by atoms with E-state index in [1.165, 1.54) is 115 Å². The predicted octanol–water partition coefficient (Wildman–Crippen LogP) is 10.0. The Kier molecular flexibility index (Phi) is 31.9. The molecule has 5 N–H and O–H groups in total. The van der Waals surface area contributed by atoms with E-state index < -0.39 is 0 Å². The normalized spacial score (nSPS) is 17.3. The Bertz CT molecular complexity index is 1330. The van der Waals surface area contributed by atoms with Crippen molar-refractivity contribution in [2.45, 2.75) is 162 Å². The Morgan fingerprint density at radius 2 is 0.933 bits per heavy atom. The zero-order valence-corrected chi connectivity index (χ0v) is 38.0. The average Bonchev–Trinajstić information content (AvgIpc) is 4.18. The fourth-order valence-corrected chi connectivity index (χ4v) is 7.15. The molecule has 0 bridgehead atoms. The molecule has 2 saturated carbocycles. The van der Waals surface area contributed by atoms with Gasteiger partial charge in [0.2, 0.25) is 19.2 Å². The van der Waals surface area contributed by atoms with E-state index in [0.29, 0.717) is 23.0 Å². The highest BCUT2D eigenvalue weighted by atomic mass is 16.2.